The summed E-state index contributed by atoms with van der Waals surface area (Å²) in [6.45, 7) is 1.90. The molecule has 0 spiro atoms. The molecule has 2 aromatic carbocycles. The minimum atomic E-state index is -0.199. The maximum Gasteiger partial charge on any atom is 0.272 e. The van der Waals surface area contributed by atoms with E-state index in [-0.39, 0.29) is 5.91 Å². The van der Waals surface area contributed by atoms with Crippen LogP contribution >= 0.6 is 11.6 Å². The van der Waals surface area contributed by atoms with Crippen LogP contribution in [0.4, 0.5) is 11.4 Å². The highest BCUT2D eigenvalue weighted by atomic mass is 35.5. The van der Waals surface area contributed by atoms with Crippen LogP contribution in [-0.4, -0.2) is 10.9 Å². The SMILES string of the molecule is Cc1cc(Cl)ccc1NC(=O)c1cc2cc(N)ccc2[nH]1. The van der Waals surface area contributed by atoms with Crippen LogP contribution in [0.25, 0.3) is 10.9 Å². The minimum absolute atomic E-state index is 0.199. The van der Waals surface area contributed by atoms with Gasteiger partial charge in [-0.1, -0.05) is 11.6 Å². The van der Waals surface area contributed by atoms with Crippen LogP contribution in [0.15, 0.2) is 42.5 Å². The quantitative estimate of drug-likeness (QED) is 0.627. The Kier molecular flexibility index (Phi) is 3.31. The molecule has 106 valence electrons. The molecular weight excluding hydrogens is 286 g/mol. The number of hydrogen-bond acceptors (Lipinski definition) is 2. The lowest BCUT2D eigenvalue weighted by atomic mass is 10.2. The number of anilines is 2. The highest BCUT2D eigenvalue weighted by Crippen LogP contribution is 2.22. The fraction of sp³-hybridized carbons (Fsp3) is 0.0625. The lowest BCUT2D eigenvalue weighted by molar-refractivity contribution is 0.102. The first-order chi connectivity index (χ1) is 10.0. The summed E-state index contributed by atoms with van der Waals surface area (Å²) in [5.41, 5.74) is 9.43. The normalized spacial score (nSPS) is 10.8. The highest BCUT2D eigenvalue weighted by Gasteiger charge is 2.11. The molecular formula is C16H14ClN3O. The van der Waals surface area contributed by atoms with E-state index in [1.807, 2.05) is 25.1 Å². The van der Waals surface area contributed by atoms with Crippen molar-refractivity contribution in [1.82, 2.24) is 4.98 Å². The maximum atomic E-state index is 12.3. The molecule has 1 heterocycles. The zero-order valence-electron chi connectivity index (χ0n) is 11.4. The van der Waals surface area contributed by atoms with Gasteiger partial charge in [0, 0.05) is 27.3 Å². The van der Waals surface area contributed by atoms with Crippen LogP contribution in [0, 0.1) is 6.92 Å². The molecule has 4 N–H and O–H groups in total. The van der Waals surface area contributed by atoms with E-state index in [9.17, 15) is 4.79 Å². The molecule has 0 aliphatic carbocycles. The number of aryl methyl sites for hydroxylation is 1. The monoisotopic (exact) mass is 299 g/mol. The van der Waals surface area contributed by atoms with Gasteiger partial charge in [-0.05, 0) is 55.0 Å². The number of rotatable bonds is 2. The zero-order chi connectivity index (χ0) is 15.0. The molecule has 1 aromatic heterocycles. The second-order valence-electron chi connectivity index (χ2n) is 4.94. The second-order valence-corrected chi connectivity index (χ2v) is 5.38. The van der Waals surface area contributed by atoms with E-state index in [0.29, 0.717) is 16.4 Å². The van der Waals surface area contributed by atoms with Crippen molar-refractivity contribution in [1.29, 1.82) is 0 Å². The third kappa shape index (κ3) is 2.71. The van der Waals surface area contributed by atoms with Crippen molar-refractivity contribution in [3.8, 4) is 0 Å². The first-order valence-electron chi connectivity index (χ1n) is 6.49. The summed E-state index contributed by atoms with van der Waals surface area (Å²) in [7, 11) is 0. The number of nitrogen functional groups attached to an aromatic ring is 1. The number of H-pyrrole nitrogens is 1. The molecule has 0 bridgehead atoms. The largest absolute Gasteiger partial charge is 0.399 e. The fourth-order valence-electron chi connectivity index (χ4n) is 2.23. The molecule has 0 unspecified atom stereocenters. The van der Waals surface area contributed by atoms with Gasteiger partial charge in [-0.2, -0.15) is 0 Å². The Hall–Kier alpha value is -2.46. The number of aromatic amines is 1. The van der Waals surface area contributed by atoms with Gasteiger partial charge < -0.3 is 16.0 Å². The van der Waals surface area contributed by atoms with Crippen molar-refractivity contribution in [2.75, 3.05) is 11.1 Å². The summed E-state index contributed by atoms with van der Waals surface area (Å²) in [4.78, 5) is 15.4. The van der Waals surface area contributed by atoms with Crippen LogP contribution < -0.4 is 11.1 Å². The maximum absolute atomic E-state index is 12.3. The Labute approximate surface area is 126 Å². The smallest absolute Gasteiger partial charge is 0.272 e. The number of aromatic nitrogens is 1. The lowest BCUT2D eigenvalue weighted by Crippen LogP contribution is -2.13. The van der Waals surface area contributed by atoms with Crippen molar-refractivity contribution in [2.24, 2.45) is 0 Å². The standard InChI is InChI=1S/C16H14ClN3O/c1-9-6-11(17)2-4-13(9)20-16(21)15-8-10-7-12(18)3-5-14(10)19-15/h2-8,19H,18H2,1H3,(H,20,21). The molecule has 3 aromatic rings. The van der Waals surface area contributed by atoms with Gasteiger partial charge >= 0.3 is 0 Å². The van der Waals surface area contributed by atoms with Gasteiger partial charge in [-0.3, -0.25) is 4.79 Å². The highest BCUT2D eigenvalue weighted by molar-refractivity contribution is 6.30. The van der Waals surface area contributed by atoms with Gasteiger partial charge in [0.1, 0.15) is 5.69 Å². The summed E-state index contributed by atoms with van der Waals surface area (Å²) in [6.07, 6.45) is 0. The second kappa shape index (κ2) is 5.14. The van der Waals surface area contributed by atoms with Crippen LogP contribution in [0.1, 0.15) is 16.1 Å². The molecule has 4 nitrogen and oxygen atoms in total. The average Bonchev–Trinajstić information content (AvgIpc) is 2.85. The summed E-state index contributed by atoms with van der Waals surface area (Å²) in [5, 5.41) is 4.42. The van der Waals surface area contributed by atoms with E-state index >= 15 is 0 Å². The van der Waals surface area contributed by atoms with Gasteiger partial charge in [-0.25, -0.2) is 0 Å². The van der Waals surface area contributed by atoms with E-state index in [1.165, 1.54) is 0 Å². The number of benzene rings is 2. The van der Waals surface area contributed by atoms with Gasteiger partial charge in [0.25, 0.3) is 5.91 Å². The summed E-state index contributed by atoms with van der Waals surface area (Å²) >= 11 is 5.91. The Balaban J connectivity index is 1.89. The molecule has 5 heteroatoms. The molecule has 21 heavy (non-hydrogen) atoms. The van der Waals surface area contributed by atoms with Crippen LogP contribution in [0.2, 0.25) is 5.02 Å². The fourth-order valence-corrected chi connectivity index (χ4v) is 2.46. The summed E-state index contributed by atoms with van der Waals surface area (Å²) in [5.74, 6) is -0.199. The molecule has 0 radical (unpaired) electrons. The Bertz CT molecular complexity index is 839. The molecule has 0 aliphatic heterocycles. The molecule has 0 aliphatic rings. The number of hydrogen-bond donors (Lipinski definition) is 3. The number of nitrogens with two attached hydrogens (primary N) is 1. The third-order valence-corrected chi connectivity index (χ3v) is 3.56. The molecule has 3 rings (SSSR count). The Morgan fingerprint density at radius 1 is 1.19 bits per heavy atom. The number of amides is 1. The first kappa shape index (κ1) is 13.5. The first-order valence-corrected chi connectivity index (χ1v) is 6.86. The van der Waals surface area contributed by atoms with E-state index in [1.54, 1.807) is 24.3 Å². The molecule has 0 saturated carbocycles. The average molecular weight is 300 g/mol. The summed E-state index contributed by atoms with van der Waals surface area (Å²) < 4.78 is 0. The topological polar surface area (TPSA) is 70.9 Å². The van der Waals surface area contributed by atoms with Crippen molar-refractivity contribution >= 4 is 39.8 Å². The van der Waals surface area contributed by atoms with E-state index in [4.69, 9.17) is 17.3 Å². The summed E-state index contributed by atoms with van der Waals surface area (Å²) in [6, 6.07) is 12.6. The van der Waals surface area contributed by atoms with Crippen LogP contribution in [0.3, 0.4) is 0 Å². The predicted octanol–water partition coefficient (Wildman–Crippen LogP) is 3.96. The molecule has 0 saturated heterocycles. The number of fused-ring (bicyclic) bond motifs is 1. The third-order valence-electron chi connectivity index (χ3n) is 3.33. The number of carbonyl (C=O) groups excluding carboxylic acids is 1. The van der Waals surface area contributed by atoms with Crippen LogP contribution in [0.5, 0.6) is 0 Å². The number of carbonyl (C=O) groups is 1. The van der Waals surface area contributed by atoms with E-state index < -0.39 is 0 Å². The number of nitrogens with one attached hydrogen (secondary N) is 2. The van der Waals surface area contributed by atoms with Crippen molar-refractivity contribution in [3.63, 3.8) is 0 Å². The van der Waals surface area contributed by atoms with Crippen LogP contribution in [-0.2, 0) is 0 Å². The Morgan fingerprint density at radius 3 is 2.76 bits per heavy atom. The molecule has 0 fully saturated rings. The van der Waals surface area contributed by atoms with E-state index in [0.717, 1.165) is 22.2 Å². The van der Waals surface area contributed by atoms with Crippen molar-refractivity contribution in [2.45, 2.75) is 6.92 Å². The van der Waals surface area contributed by atoms with Crippen molar-refractivity contribution < 1.29 is 4.79 Å². The zero-order valence-corrected chi connectivity index (χ0v) is 12.2. The lowest BCUT2D eigenvalue weighted by Gasteiger charge is -2.07. The Morgan fingerprint density at radius 2 is 2.00 bits per heavy atom. The van der Waals surface area contributed by atoms with Gasteiger partial charge in [0.05, 0.1) is 0 Å². The van der Waals surface area contributed by atoms with Gasteiger partial charge in [-0.15, -0.1) is 0 Å². The predicted molar refractivity (Wildman–Crippen MR) is 86.9 cm³/mol. The van der Waals surface area contributed by atoms with Crippen molar-refractivity contribution in [3.05, 3.63) is 58.7 Å². The molecule has 0 atom stereocenters. The van der Waals surface area contributed by atoms with E-state index in [2.05, 4.69) is 10.3 Å². The minimum Gasteiger partial charge on any atom is -0.399 e. The van der Waals surface area contributed by atoms with Gasteiger partial charge in [0.15, 0.2) is 0 Å². The number of halogens is 1. The molecule has 1 amide bonds. The van der Waals surface area contributed by atoms with Gasteiger partial charge in [0.2, 0.25) is 0 Å².